The van der Waals surface area contributed by atoms with Crippen molar-refractivity contribution in [3.63, 3.8) is 0 Å². The predicted molar refractivity (Wildman–Crippen MR) is 109 cm³/mol. The monoisotopic (exact) mass is 388 g/mol. The summed E-state index contributed by atoms with van der Waals surface area (Å²) < 4.78 is 11.1. The number of carbonyl (C=O) groups is 1. The van der Waals surface area contributed by atoms with Crippen molar-refractivity contribution in [2.75, 3.05) is 23.4 Å². The van der Waals surface area contributed by atoms with Crippen LogP contribution in [-0.4, -0.2) is 35.1 Å². The first-order valence-corrected chi connectivity index (χ1v) is 9.59. The second-order valence-corrected chi connectivity index (χ2v) is 7.12. The lowest BCUT2D eigenvalue weighted by Crippen LogP contribution is -2.25. The largest absolute Gasteiger partial charge is 0.486 e. The van der Waals surface area contributed by atoms with Crippen molar-refractivity contribution in [1.29, 1.82) is 0 Å². The Balaban J connectivity index is 1.33. The molecule has 3 aromatic rings. The van der Waals surface area contributed by atoms with Gasteiger partial charge in [0.05, 0.1) is 12.4 Å². The highest BCUT2D eigenvalue weighted by molar-refractivity contribution is 6.02. The highest BCUT2D eigenvalue weighted by atomic mass is 16.6. The van der Waals surface area contributed by atoms with Crippen molar-refractivity contribution in [2.45, 2.75) is 19.4 Å². The molecule has 1 atom stereocenters. The molecule has 0 saturated carbocycles. The first kappa shape index (κ1) is 17.5. The summed E-state index contributed by atoms with van der Waals surface area (Å²) in [5.41, 5.74) is 3.31. The van der Waals surface area contributed by atoms with Gasteiger partial charge in [-0.25, -0.2) is 9.97 Å². The van der Waals surface area contributed by atoms with Crippen molar-refractivity contribution in [2.24, 2.45) is 0 Å². The minimum absolute atomic E-state index is 0.253. The number of para-hydroxylation sites is 1. The van der Waals surface area contributed by atoms with E-state index in [1.807, 2.05) is 12.1 Å². The van der Waals surface area contributed by atoms with Crippen molar-refractivity contribution in [3.05, 3.63) is 66.1 Å². The Kier molecular flexibility index (Phi) is 4.27. The van der Waals surface area contributed by atoms with Crippen LogP contribution < -0.4 is 19.7 Å². The molecule has 2 aliphatic rings. The third-order valence-electron chi connectivity index (χ3n) is 5.12. The molecule has 1 unspecified atom stereocenters. The average Bonchev–Trinajstić information content (AvgIpc) is 3.09. The maximum absolute atomic E-state index is 12.6. The quantitative estimate of drug-likeness (QED) is 0.739. The van der Waals surface area contributed by atoms with Crippen LogP contribution in [0.1, 0.15) is 23.0 Å². The molecule has 3 heterocycles. The number of nitrogens with zero attached hydrogens (tertiary/aromatic N) is 3. The lowest BCUT2D eigenvalue weighted by molar-refractivity contribution is 0.102. The highest BCUT2D eigenvalue weighted by Gasteiger charge is 2.28. The van der Waals surface area contributed by atoms with E-state index < -0.39 is 0 Å². The molecule has 1 aromatic heterocycles. The molecule has 7 nitrogen and oxygen atoms in total. The Bertz CT molecular complexity index is 1070. The second-order valence-electron chi connectivity index (χ2n) is 7.12. The van der Waals surface area contributed by atoms with E-state index in [2.05, 4.69) is 39.2 Å². The highest BCUT2D eigenvalue weighted by Crippen LogP contribution is 2.37. The fraction of sp³-hybridized carbons (Fsp3) is 0.227. The zero-order valence-electron chi connectivity index (χ0n) is 16.0. The zero-order valence-corrected chi connectivity index (χ0v) is 16.0. The third kappa shape index (κ3) is 3.24. The molecule has 0 aliphatic carbocycles. The summed E-state index contributed by atoms with van der Waals surface area (Å²) in [4.78, 5) is 23.6. The average molecular weight is 388 g/mol. The van der Waals surface area contributed by atoms with Gasteiger partial charge >= 0.3 is 0 Å². The number of aromatic nitrogens is 2. The van der Waals surface area contributed by atoms with E-state index in [9.17, 15) is 4.79 Å². The molecule has 2 aliphatic heterocycles. The first-order chi connectivity index (χ1) is 14.2. The number of nitrogens with one attached hydrogen (secondary N) is 1. The van der Waals surface area contributed by atoms with Gasteiger partial charge in [-0.05, 0) is 37.1 Å². The molecule has 1 amide bonds. The fourth-order valence-corrected chi connectivity index (χ4v) is 3.79. The molecule has 5 rings (SSSR count). The van der Waals surface area contributed by atoms with Gasteiger partial charge in [0.1, 0.15) is 18.9 Å². The number of anilines is 3. The van der Waals surface area contributed by atoms with Crippen LogP contribution in [0.3, 0.4) is 0 Å². The zero-order chi connectivity index (χ0) is 19.8. The Morgan fingerprint density at radius 3 is 2.72 bits per heavy atom. The summed E-state index contributed by atoms with van der Waals surface area (Å²) in [5.74, 6) is 1.71. The number of amides is 1. The minimum Gasteiger partial charge on any atom is -0.486 e. The van der Waals surface area contributed by atoms with Crippen LogP contribution in [0.25, 0.3) is 0 Å². The number of hydrogen-bond donors (Lipinski definition) is 1. The number of fused-ring (bicyclic) bond motifs is 2. The van der Waals surface area contributed by atoms with Gasteiger partial charge in [0, 0.05) is 23.5 Å². The van der Waals surface area contributed by atoms with Gasteiger partial charge in [-0.15, -0.1) is 0 Å². The normalized spacial score (nSPS) is 17.0. The third-order valence-corrected chi connectivity index (χ3v) is 5.12. The number of benzene rings is 2. The fourth-order valence-electron chi connectivity index (χ4n) is 3.79. The summed E-state index contributed by atoms with van der Waals surface area (Å²) in [6.45, 7) is 3.18. The van der Waals surface area contributed by atoms with Gasteiger partial charge in [0.2, 0.25) is 0 Å². The molecule has 2 aromatic carbocycles. The Hall–Kier alpha value is -3.61. The molecular weight excluding hydrogens is 368 g/mol. The predicted octanol–water partition coefficient (Wildman–Crippen LogP) is 3.58. The molecule has 0 saturated heterocycles. The Morgan fingerprint density at radius 2 is 1.90 bits per heavy atom. The smallest absolute Gasteiger partial charge is 0.275 e. The molecule has 1 N–H and O–H groups in total. The summed E-state index contributed by atoms with van der Waals surface area (Å²) in [7, 11) is 0. The van der Waals surface area contributed by atoms with E-state index in [0.717, 1.165) is 17.9 Å². The van der Waals surface area contributed by atoms with Crippen molar-refractivity contribution < 1.29 is 14.3 Å². The number of ether oxygens (including phenoxy) is 2. The number of rotatable bonds is 3. The topological polar surface area (TPSA) is 76.6 Å². The second kappa shape index (κ2) is 7.09. The van der Waals surface area contributed by atoms with E-state index in [1.165, 1.54) is 11.8 Å². The maximum atomic E-state index is 12.6. The van der Waals surface area contributed by atoms with Crippen LogP contribution in [0.4, 0.5) is 17.2 Å². The van der Waals surface area contributed by atoms with E-state index in [1.54, 1.807) is 24.4 Å². The van der Waals surface area contributed by atoms with Crippen LogP contribution in [0.2, 0.25) is 0 Å². The van der Waals surface area contributed by atoms with Crippen LogP contribution in [-0.2, 0) is 6.42 Å². The van der Waals surface area contributed by atoms with Gasteiger partial charge in [0.15, 0.2) is 17.3 Å². The molecule has 0 spiro atoms. The van der Waals surface area contributed by atoms with Crippen LogP contribution >= 0.6 is 0 Å². The maximum Gasteiger partial charge on any atom is 0.275 e. The summed E-state index contributed by atoms with van der Waals surface area (Å²) in [5, 5.41) is 2.83. The van der Waals surface area contributed by atoms with Crippen molar-refractivity contribution in [1.82, 2.24) is 9.97 Å². The van der Waals surface area contributed by atoms with Crippen LogP contribution in [0, 0.1) is 0 Å². The number of carbonyl (C=O) groups excluding carboxylic acids is 1. The molecule has 0 fully saturated rings. The lowest BCUT2D eigenvalue weighted by atomic mass is 10.1. The lowest BCUT2D eigenvalue weighted by Gasteiger charge is -2.23. The van der Waals surface area contributed by atoms with Gasteiger partial charge in [-0.2, -0.15) is 0 Å². The Morgan fingerprint density at radius 1 is 1.07 bits per heavy atom. The first-order valence-electron chi connectivity index (χ1n) is 9.59. The van der Waals surface area contributed by atoms with Gasteiger partial charge < -0.3 is 19.7 Å². The Labute approximate surface area is 168 Å². The summed E-state index contributed by atoms with van der Waals surface area (Å²) >= 11 is 0. The van der Waals surface area contributed by atoms with E-state index >= 15 is 0 Å². The SMILES string of the molecule is CC1Cc2ccccc2N1c1cnc(C(=O)Nc2ccc3c(c2)OCCO3)cn1. The molecule has 146 valence electrons. The number of hydrogen-bond acceptors (Lipinski definition) is 6. The molecule has 0 radical (unpaired) electrons. The molecule has 0 bridgehead atoms. The van der Waals surface area contributed by atoms with Gasteiger partial charge in [-0.3, -0.25) is 4.79 Å². The molecule has 29 heavy (non-hydrogen) atoms. The molecular formula is C22H20N4O3. The van der Waals surface area contributed by atoms with Crippen molar-refractivity contribution >= 4 is 23.1 Å². The van der Waals surface area contributed by atoms with Gasteiger partial charge in [-0.1, -0.05) is 18.2 Å². The standard InChI is InChI=1S/C22H20N4O3/c1-14-10-15-4-2-3-5-18(15)26(14)21-13-23-17(12-24-21)22(27)25-16-6-7-19-20(11-16)29-9-8-28-19/h2-7,11-14H,8-10H2,1H3,(H,25,27). The van der Waals surface area contributed by atoms with E-state index in [4.69, 9.17) is 9.47 Å². The summed E-state index contributed by atoms with van der Waals surface area (Å²) in [6.07, 6.45) is 4.12. The van der Waals surface area contributed by atoms with Crippen LogP contribution in [0.15, 0.2) is 54.9 Å². The minimum atomic E-state index is -0.324. The van der Waals surface area contributed by atoms with E-state index in [0.29, 0.717) is 36.4 Å². The van der Waals surface area contributed by atoms with Crippen LogP contribution in [0.5, 0.6) is 11.5 Å². The van der Waals surface area contributed by atoms with E-state index in [-0.39, 0.29) is 11.6 Å². The molecule has 7 heteroatoms. The summed E-state index contributed by atoms with van der Waals surface area (Å²) in [6, 6.07) is 13.9. The van der Waals surface area contributed by atoms with Crippen molar-refractivity contribution in [3.8, 4) is 11.5 Å². The van der Waals surface area contributed by atoms with Gasteiger partial charge in [0.25, 0.3) is 5.91 Å².